The van der Waals surface area contributed by atoms with E-state index < -0.39 is 63.0 Å². The van der Waals surface area contributed by atoms with E-state index in [9.17, 15) is 23.7 Å². The van der Waals surface area contributed by atoms with E-state index in [4.69, 9.17) is 39.4 Å². The topological polar surface area (TPSA) is 254 Å². The molecule has 0 aromatic carbocycles. The highest BCUT2D eigenvalue weighted by Gasteiger charge is 2.31. The first-order chi connectivity index (χ1) is 23.2. The fourth-order valence-electron chi connectivity index (χ4n) is 3.93. The molecular formula is C30H49N6O12P. The van der Waals surface area contributed by atoms with Crippen LogP contribution < -0.4 is 10.8 Å². The third kappa shape index (κ3) is 18.9. The van der Waals surface area contributed by atoms with E-state index in [1.165, 1.54) is 38.9 Å². The monoisotopic (exact) mass is 716 g/mol. The van der Waals surface area contributed by atoms with Crippen molar-refractivity contribution < 1.29 is 57.4 Å². The molecule has 2 aromatic heterocycles. The van der Waals surface area contributed by atoms with E-state index in [2.05, 4.69) is 27.0 Å². The van der Waals surface area contributed by atoms with Crippen LogP contribution in [0.15, 0.2) is 24.8 Å². The summed E-state index contributed by atoms with van der Waals surface area (Å²) in [4.78, 5) is 55.7. The van der Waals surface area contributed by atoms with Crippen molar-refractivity contribution in [3.05, 3.63) is 24.8 Å². The quantitative estimate of drug-likeness (QED) is 0.0430. The zero-order valence-corrected chi connectivity index (χ0v) is 29.5. The second-order valence-electron chi connectivity index (χ2n) is 11.1. The number of nitrogen functional groups attached to an aromatic ring is 1. The van der Waals surface area contributed by atoms with Gasteiger partial charge in [-0.2, -0.15) is 0 Å². The number of aliphatic carboxylic acids is 2. The molecule has 0 aliphatic heterocycles. The minimum Gasteiger partial charge on any atom is -0.478 e. The lowest BCUT2D eigenvalue weighted by Gasteiger charge is -2.24. The number of fused-ring (bicyclic) bond motifs is 1. The number of unbranched alkanes of at least 4 members (excludes halogenated alkanes) is 6. The molecule has 5 N–H and O–H groups in total. The number of rotatable bonds is 22. The zero-order chi connectivity index (χ0) is 36.8. The summed E-state index contributed by atoms with van der Waals surface area (Å²) < 4.78 is 41.7. The summed E-state index contributed by atoms with van der Waals surface area (Å²) >= 11 is 0. The van der Waals surface area contributed by atoms with Gasteiger partial charge in [0.05, 0.1) is 31.7 Å². The Morgan fingerprint density at radius 2 is 1.59 bits per heavy atom. The number of aromatic nitrogens is 4. The highest BCUT2D eigenvalue weighted by molar-refractivity contribution is 7.56. The van der Waals surface area contributed by atoms with Crippen molar-refractivity contribution in [2.24, 2.45) is 0 Å². The average molecular weight is 717 g/mol. The zero-order valence-electron chi connectivity index (χ0n) is 28.6. The van der Waals surface area contributed by atoms with Gasteiger partial charge in [0, 0.05) is 12.2 Å². The molecule has 0 fully saturated rings. The molecule has 0 amide bonds. The van der Waals surface area contributed by atoms with Crippen LogP contribution in [0.4, 0.5) is 10.6 Å². The Hall–Kier alpha value is -4.12. The fourth-order valence-corrected chi connectivity index (χ4v) is 5.53. The standard InChI is InChI=1S/C26H45N6O8P.C4H4O4/c1-6-7-8-9-10-11-12-13-36-25(33)21(5)31-41(35,39-17-37-26(34)40-19(2)3)18-38-20(4)14-32-16-30-22-23(27)28-15-29-24(22)32;5-3(6)1-2-4(7)8/h15-16,19-21H,6-14,17-18H2,1-5H3,(H,31,35)(H2,27,28,29);1-2H,(H,5,6)(H,7,8)/b;2-1+/t20-,21+,41?;/m1./s1. The second kappa shape index (κ2) is 23.3. The third-order valence-electron chi connectivity index (χ3n) is 6.29. The molecule has 0 bridgehead atoms. The molecule has 0 aliphatic rings. The summed E-state index contributed by atoms with van der Waals surface area (Å²) in [6.07, 6.45) is 9.38. The third-order valence-corrected chi connectivity index (χ3v) is 8.08. The second-order valence-corrected chi connectivity index (χ2v) is 13.2. The van der Waals surface area contributed by atoms with Gasteiger partial charge >= 0.3 is 24.1 Å². The number of nitrogens with zero attached hydrogens (tertiary/aromatic N) is 4. The molecule has 2 heterocycles. The van der Waals surface area contributed by atoms with Crippen molar-refractivity contribution in [1.29, 1.82) is 0 Å². The SMILES string of the molecule is CCCCCCCCCOC(=O)[C@H](C)NP(=O)(CO[C@H](C)Cn1cnc2c(N)ncnc21)OCOC(=O)OC(C)C.O=C(O)/C=C/C(=O)O. The van der Waals surface area contributed by atoms with E-state index in [1.807, 2.05) is 0 Å². The molecule has 3 atom stereocenters. The maximum Gasteiger partial charge on any atom is 0.510 e. The molecule has 0 spiro atoms. The smallest absolute Gasteiger partial charge is 0.478 e. The maximum atomic E-state index is 13.6. The molecule has 0 saturated carbocycles. The van der Waals surface area contributed by atoms with Gasteiger partial charge < -0.3 is 39.5 Å². The van der Waals surface area contributed by atoms with Crippen LogP contribution in [-0.2, 0) is 49.0 Å². The Morgan fingerprint density at radius 3 is 2.20 bits per heavy atom. The number of carboxylic acid groups (broad SMARTS) is 2. The predicted octanol–water partition coefficient (Wildman–Crippen LogP) is 4.48. The maximum absolute atomic E-state index is 13.6. The lowest BCUT2D eigenvalue weighted by atomic mass is 10.1. The van der Waals surface area contributed by atoms with Gasteiger partial charge in [-0.25, -0.2) is 34.4 Å². The molecule has 0 aliphatic carbocycles. The highest BCUT2D eigenvalue weighted by Crippen LogP contribution is 2.43. The van der Waals surface area contributed by atoms with E-state index in [0.29, 0.717) is 29.9 Å². The molecule has 2 aromatic rings. The summed E-state index contributed by atoms with van der Waals surface area (Å²) in [5.74, 6) is -2.83. The number of carbonyl (C=O) groups is 4. The van der Waals surface area contributed by atoms with E-state index in [1.54, 1.807) is 31.7 Å². The molecule has 49 heavy (non-hydrogen) atoms. The Balaban J connectivity index is 0.00000133. The summed E-state index contributed by atoms with van der Waals surface area (Å²) in [5.41, 5.74) is 6.84. The van der Waals surface area contributed by atoms with Crippen LogP contribution in [0.3, 0.4) is 0 Å². The number of hydrogen-bond donors (Lipinski definition) is 4. The summed E-state index contributed by atoms with van der Waals surface area (Å²) in [7, 11) is -3.86. The van der Waals surface area contributed by atoms with Crippen molar-refractivity contribution in [2.45, 2.75) is 104 Å². The summed E-state index contributed by atoms with van der Waals surface area (Å²) in [6.45, 7) is 8.68. The minimum atomic E-state index is -3.86. The van der Waals surface area contributed by atoms with Crippen molar-refractivity contribution >= 4 is 48.6 Å². The Bertz CT molecular complexity index is 1390. The molecule has 19 heteroatoms. The first-order valence-corrected chi connectivity index (χ1v) is 17.7. The van der Waals surface area contributed by atoms with E-state index in [-0.39, 0.29) is 12.4 Å². The van der Waals surface area contributed by atoms with Crippen LogP contribution in [0, 0.1) is 0 Å². The Morgan fingerprint density at radius 1 is 0.959 bits per heavy atom. The number of hydrogen-bond acceptors (Lipinski definition) is 14. The number of nitrogens with two attached hydrogens (primary N) is 1. The van der Waals surface area contributed by atoms with Gasteiger partial charge in [-0.15, -0.1) is 0 Å². The first-order valence-electron chi connectivity index (χ1n) is 15.9. The van der Waals surface area contributed by atoms with Crippen LogP contribution in [0.2, 0.25) is 0 Å². The first kappa shape index (κ1) is 42.9. The van der Waals surface area contributed by atoms with Gasteiger partial charge in [0.25, 0.3) is 7.52 Å². The van der Waals surface area contributed by atoms with Crippen molar-refractivity contribution in [3.8, 4) is 0 Å². The number of esters is 1. The van der Waals surface area contributed by atoms with E-state index in [0.717, 1.165) is 19.3 Å². The molecular weight excluding hydrogens is 667 g/mol. The number of carbonyl (C=O) groups excluding carboxylic acids is 2. The highest BCUT2D eigenvalue weighted by atomic mass is 31.2. The van der Waals surface area contributed by atoms with Crippen molar-refractivity contribution in [2.75, 3.05) is 25.5 Å². The van der Waals surface area contributed by atoms with Crippen LogP contribution in [-0.4, -0.2) is 91.8 Å². The molecule has 0 saturated heterocycles. The van der Waals surface area contributed by atoms with Gasteiger partial charge in [-0.1, -0.05) is 45.4 Å². The lowest BCUT2D eigenvalue weighted by molar-refractivity contribution is -0.145. The van der Waals surface area contributed by atoms with Gasteiger partial charge in [0.2, 0.25) is 6.79 Å². The van der Waals surface area contributed by atoms with Gasteiger partial charge in [-0.05, 0) is 34.1 Å². The molecule has 1 unspecified atom stereocenters. The van der Waals surface area contributed by atoms with Crippen molar-refractivity contribution in [1.82, 2.24) is 24.6 Å². The number of imidazole rings is 1. The van der Waals surface area contributed by atoms with E-state index >= 15 is 0 Å². The molecule has 276 valence electrons. The minimum absolute atomic E-state index is 0.258. The molecule has 2 rings (SSSR count). The summed E-state index contributed by atoms with van der Waals surface area (Å²) in [5, 5.41) is 18.3. The lowest BCUT2D eigenvalue weighted by Crippen LogP contribution is -2.35. The number of carboxylic acids is 2. The van der Waals surface area contributed by atoms with Crippen LogP contribution >= 0.6 is 7.52 Å². The van der Waals surface area contributed by atoms with Gasteiger partial charge in [0.15, 0.2) is 11.5 Å². The average Bonchev–Trinajstić information content (AvgIpc) is 3.44. The van der Waals surface area contributed by atoms with Gasteiger partial charge in [-0.3, -0.25) is 13.9 Å². The van der Waals surface area contributed by atoms with Crippen LogP contribution in [0.1, 0.15) is 79.6 Å². The number of ether oxygens (including phenoxy) is 4. The van der Waals surface area contributed by atoms with Crippen molar-refractivity contribution in [3.63, 3.8) is 0 Å². The Labute approximate surface area is 285 Å². The van der Waals surface area contributed by atoms with Crippen LogP contribution in [0.25, 0.3) is 11.2 Å². The number of anilines is 1. The normalized spacial score (nSPS) is 13.7. The van der Waals surface area contributed by atoms with Crippen LogP contribution in [0.5, 0.6) is 0 Å². The van der Waals surface area contributed by atoms with Gasteiger partial charge in [0.1, 0.15) is 24.2 Å². The number of nitrogens with one attached hydrogen (secondary N) is 1. The molecule has 0 radical (unpaired) electrons. The largest absolute Gasteiger partial charge is 0.510 e. The summed E-state index contributed by atoms with van der Waals surface area (Å²) in [6, 6.07) is -0.968. The molecule has 18 nitrogen and oxygen atoms in total. The Kier molecular flexibility index (Phi) is 20.4. The fraction of sp³-hybridized carbons (Fsp3) is 0.633. The predicted molar refractivity (Wildman–Crippen MR) is 177 cm³/mol.